The third-order valence-electron chi connectivity index (χ3n) is 9.11. The highest BCUT2D eigenvalue weighted by molar-refractivity contribution is 14.1. The van der Waals surface area contributed by atoms with Gasteiger partial charge in [-0.15, -0.1) is 0 Å². The average Bonchev–Trinajstić information content (AvgIpc) is 3.66. The molecule has 6 aromatic rings. The highest BCUT2D eigenvalue weighted by Crippen LogP contribution is 2.41. The van der Waals surface area contributed by atoms with Gasteiger partial charge in [-0.05, 0) is 46.9 Å². The molecule has 0 amide bonds. The number of aromatic amines is 2. The Morgan fingerprint density at radius 1 is 0.760 bits per heavy atom. The van der Waals surface area contributed by atoms with Gasteiger partial charge in [0, 0.05) is 56.7 Å². The summed E-state index contributed by atoms with van der Waals surface area (Å²) in [6, 6.07) is 16.4. The first kappa shape index (κ1) is 34.0. The minimum atomic E-state index is -0.467. The fourth-order valence-electron chi connectivity index (χ4n) is 6.24. The lowest BCUT2D eigenvalue weighted by Gasteiger charge is -2.56. The van der Waals surface area contributed by atoms with Crippen LogP contribution < -0.4 is 4.90 Å². The summed E-state index contributed by atoms with van der Waals surface area (Å²) in [4.78, 5) is 52.2. The fourth-order valence-corrected chi connectivity index (χ4v) is 6.79. The molecule has 0 aliphatic carbocycles. The lowest BCUT2D eigenvalue weighted by atomic mass is 9.77. The van der Waals surface area contributed by atoms with Crippen molar-refractivity contribution in [2.24, 2.45) is 16.2 Å². The van der Waals surface area contributed by atoms with Crippen LogP contribution in [0.2, 0.25) is 0 Å². The van der Waals surface area contributed by atoms with Gasteiger partial charge in [0.15, 0.2) is 22.9 Å². The van der Waals surface area contributed by atoms with Crippen LogP contribution in [0.5, 0.6) is 0 Å². The largest absolute Gasteiger partial charge is 0.380 e. The fraction of sp³-hybridized carbons (Fsp3) is 0.333. The minimum absolute atomic E-state index is 0.0625. The topological polar surface area (TPSA) is 130 Å². The molecule has 10 nitrogen and oxygen atoms in total. The van der Waals surface area contributed by atoms with Gasteiger partial charge >= 0.3 is 0 Å². The van der Waals surface area contributed by atoms with E-state index >= 15 is 0 Å². The second kappa shape index (κ2) is 12.7. The summed E-state index contributed by atoms with van der Waals surface area (Å²) in [7, 11) is 0. The van der Waals surface area contributed by atoms with E-state index in [0.717, 1.165) is 52.4 Å². The highest BCUT2D eigenvalue weighted by atomic mass is 127. The van der Waals surface area contributed by atoms with Crippen molar-refractivity contribution >= 4 is 62.2 Å². The van der Waals surface area contributed by atoms with Crippen LogP contribution in [-0.2, 0) is 4.74 Å². The van der Waals surface area contributed by atoms with Gasteiger partial charge in [0.25, 0.3) is 0 Å². The number of aromatic nitrogens is 6. The van der Waals surface area contributed by atoms with Crippen molar-refractivity contribution in [3.05, 3.63) is 88.0 Å². The molecule has 2 N–H and O–H groups in total. The van der Waals surface area contributed by atoms with E-state index in [4.69, 9.17) is 9.72 Å². The smallest absolute Gasteiger partial charge is 0.171 e. The first-order valence-corrected chi connectivity index (χ1v) is 17.8. The predicted molar refractivity (Wildman–Crippen MR) is 204 cm³/mol. The number of ketones is 2. The number of carbonyl (C=O) groups excluding carboxylic acids is 2. The minimum Gasteiger partial charge on any atom is -0.380 e. The van der Waals surface area contributed by atoms with Crippen LogP contribution in [0, 0.1) is 19.8 Å². The molecular weight excluding hydrogens is 741 g/mol. The monoisotopic (exact) mass is 781 g/mol. The van der Waals surface area contributed by atoms with Gasteiger partial charge < -0.3 is 19.6 Å². The van der Waals surface area contributed by atoms with Crippen molar-refractivity contribution in [1.29, 1.82) is 0 Å². The first-order chi connectivity index (χ1) is 23.7. The summed E-state index contributed by atoms with van der Waals surface area (Å²) in [6.07, 6.45) is 6.92. The van der Waals surface area contributed by atoms with Crippen molar-refractivity contribution in [1.82, 2.24) is 29.9 Å². The Hall–Kier alpha value is -4.49. The molecule has 6 heterocycles. The van der Waals surface area contributed by atoms with Crippen molar-refractivity contribution in [2.45, 2.75) is 41.5 Å². The summed E-state index contributed by atoms with van der Waals surface area (Å²) in [6.45, 7) is 15.3. The zero-order valence-corrected chi connectivity index (χ0v) is 31.3. The molecule has 1 spiro atoms. The Labute approximate surface area is 304 Å². The number of nitrogens with zero attached hydrogens (tertiary/aromatic N) is 5. The number of halogens is 1. The summed E-state index contributed by atoms with van der Waals surface area (Å²) in [5.41, 5.74) is 7.96. The van der Waals surface area contributed by atoms with Gasteiger partial charge in [-0.3, -0.25) is 9.59 Å². The predicted octanol–water partition coefficient (Wildman–Crippen LogP) is 8.15. The van der Waals surface area contributed by atoms with Crippen molar-refractivity contribution in [2.75, 3.05) is 31.2 Å². The molecular formula is C39H40IN7O3. The van der Waals surface area contributed by atoms with Crippen molar-refractivity contribution in [3.63, 3.8) is 0 Å². The highest BCUT2D eigenvalue weighted by Gasteiger charge is 2.49. The van der Waals surface area contributed by atoms with Crippen LogP contribution >= 0.6 is 22.6 Å². The number of hydrogen-bond acceptors (Lipinski definition) is 8. The van der Waals surface area contributed by atoms with E-state index < -0.39 is 10.8 Å². The van der Waals surface area contributed by atoms with Gasteiger partial charge in [-0.25, -0.2) is 19.9 Å². The van der Waals surface area contributed by atoms with Crippen LogP contribution in [0.1, 0.15) is 62.3 Å². The van der Waals surface area contributed by atoms with E-state index in [1.165, 1.54) is 5.69 Å². The second-order valence-electron chi connectivity index (χ2n) is 15.4. The van der Waals surface area contributed by atoms with E-state index in [2.05, 4.69) is 70.6 Å². The molecule has 0 bridgehead atoms. The van der Waals surface area contributed by atoms with Crippen LogP contribution in [0.4, 0.5) is 5.69 Å². The lowest BCUT2D eigenvalue weighted by molar-refractivity contribution is -0.127. The standard InChI is InChI=1S/C22H24N4O2.C17H16IN3O/c1-21(2,3)19(27)16-8-23-20-18(16)25-17(9-24-20)14-5-4-6-15(7-14)26-10-22(11-26)12-28-13-22;1-17(2,3)15(22)12-8-19-16-14(12)21-13(9-20-16)10-5-4-6-11(18)7-10/h4-9H,10-13H2,1-3H3,(H,23,24);4-9H,1-3H3,(H,19,20). The number of anilines is 1. The molecule has 11 heteroatoms. The van der Waals surface area contributed by atoms with Crippen molar-refractivity contribution < 1.29 is 14.3 Å². The number of carbonyl (C=O) groups is 2. The van der Waals surface area contributed by atoms with E-state index in [1.54, 1.807) is 24.8 Å². The third-order valence-corrected chi connectivity index (χ3v) is 9.78. The molecule has 2 aliphatic rings. The van der Waals surface area contributed by atoms with Gasteiger partial charge in [-0.1, -0.05) is 65.8 Å². The van der Waals surface area contributed by atoms with E-state index in [-0.39, 0.29) is 11.6 Å². The summed E-state index contributed by atoms with van der Waals surface area (Å²) < 4.78 is 6.51. The SMILES string of the molecule is CC(C)(C)C(=O)c1c[nH]c2ncc(-c3cccc(I)c3)nc12.CC(C)(C)C(=O)c1c[nH]c2ncc(-c3cccc(N4CC5(COC5)C4)c3)nc12. The van der Waals surface area contributed by atoms with Gasteiger partial charge in [0.1, 0.15) is 11.0 Å². The van der Waals surface area contributed by atoms with E-state index in [9.17, 15) is 9.59 Å². The molecule has 2 saturated heterocycles. The number of hydrogen-bond donors (Lipinski definition) is 2. The number of H-pyrrole nitrogens is 2. The maximum absolute atomic E-state index is 12.8. The lowest BCUT2D eigenvalue weighted by Crippen LogP contribution is -2.66. The molecule has 50 heavy (non-hydrogen) atoms. The average molecular weight is 782 g/mol. The Morgan fingerprint density at radius 2 is 1.26 bits per heavy atom. The Morgan fingerprint density at radius 3 is 1.72 bits per heavy atom. The van der Waals surface area contributed by atoms with Gasteiger partial charge in [0.2, 0.25) is 0 Å². The van der Waals surface area contributed by atoms with E-state index in [1.807, 2.05) is 71.9 Å². The summed E-state index contributed by atoms with van der Waals surface area (Å²) in [5.74, 6) is 0.125. The number of benzene rings is 2. The van der Waals surface area contributed by atoms with Crippen LogP contribution in [0.25, 0.3) is 44.8 Å². The molecule has 0 saturated carbocycles. The Kier molecular flexibility index (Phi) is 8.62. The molecule has 4 aromatic heterocycles. The molecule has 0 unspecified atom stereocenters. The Balaban J connectivity index is 0.000000162. The number of Topliss-reactive ketones (excluding diaryl/α,β-unsaturated/α-hetero) is 2. The van der Waals surface area contributed by atoms with Gasteiger partial charge in [-0.2, -0.15) is 0 Å². The number of fused-ring (bicyclic) bond motifs is 2. The number of ether oxygens (including phenoxy) is 1. The molecule has 8 rings (SSSR count). The molecule has 2 fully saturated rings. The first-order valence-electron chi connectivity index (χ1n) is 16.7. The molecule has 2 aliphatic heterocycles. The number of rotatable bonds is 5. The maximum atomic E-state index is 12.8. The maximum Gasteiger partial charge on any atom is 0.171 e. The second-order valence-corrected chi connectivity index (χ2v) is 16.6. The molecule has 256 valence electrons. The summed E-state index contributed by atoms with van der Waals surface area (Å²) in [5, 5.41) is 0. The normalized spacial score (nSPS) is 15.4. The molecule has 0 atom stereocenters. The molecule has 2 aromatic carbocycles. The number of nitrogens with one attached hydrogen (secondary N) is 2. The van der Waals surface area contributed by atoms with E-state index in [0.29, 0.717) is 38.9 Å². The van der Waals surface area contributed by atoms with Crippen molar-refractivity contribution in [3.8, 4) is 22.5 Å². The van der Waals surface area contributed by atoms with Crippen LogP contribution in [0.3, 0.4) is 0 Å². The van der Waals surface area contributed by atoms with Gasteiger partial charge in [0.05, 0.1) is 53.5 Å². The molecule has 0 radical (unpaired) electrons. The summed E-state index contributed by atoms with van der Waals surface area (Å²) >= 11 is 2.27. The quantitative estimate of drug-likeness (QED) is 0.133. The zero-order chi connectivity index (χ0) is 35.4. The Bertz CT molecular complexity index is 2250. The van der Waals surface area contributed by atoms with Crippen LogP contribution in [0.15, 0.2) is 73.3 Å². The van der Waals surface area contributed by atoms with Crippen LogP contribution in [-0.4, -0.2) is 67.8 Å². The zero-order valence-electron chi connectivity index (χ0n) is 29.1. The third kappa shape index (κ3) is 6.56.